The highest BCUT2D eigenvalue weighted by molar-refractivity contribution is 7.26. The van der Waals surface area contributed by atoms with Crippen LogP contribution >= 0.6 is 11.3 Å². The minimum atomic E-state index is 1.30. The summed E-state index contributed by atoms with van der Waals surface area (Å²) in [6.07, 6.45) is 0. The van der Waals surface area contributed by atoms with Crippen LogP contribution in [0.3, 0.4) is 0 Å². The van der Waals surface area contributed by atoms with Crippen LogP contribution in [0.15, 0.2) is 60.7 Å². The van der Waals surface area contributed by atoms with Crippen molar-refractivity contribution in [1.29, 1.82) is 0 Å². The number of fused-ring (bicyclic) bond motifs is 3. The summed E-state index contributed by atoms with van der Waals surface area (Å²) in [5.41, 5.74) is 5.28. The molecule has 0 aliphatic rings. The SMILES string of the molecule is Bc1ccc(-c2cc(C)cc3c2sc2ccccc23)cc1. The zero-order chi connectivity index (χ0) is 14.4. The van der Waals surface area contributed by atoms with Crippen molar-refractivity contribution in [2.24, 2.45) is 0 Å². The van der Waals surface area contributed by atoms with Gasteiger partial charge < -0.3 is 0 Å². The predicted molar refractivity (Wildman–Crippen MR) is 97.7 cm³/mol. The molecule has 4 aromatic rings. The summed E-state index contributed by atoms with van der Waals surface area (Å²) < 4.78 is 2.76. The van der Waals surface area contributed by atoms with E-state index in [4.69, 9.17) is 0 Å². The van der Waals surface area contributed by atoms with Gasteiger partial charge in [0.25, 0.3) is 0 Å². The van der Waals surface area contributed by atoms with Crippen LogP contribution in [0, 0.1) is 6.92 Å². The molecule has 3 aromatic carbocycles. The quantitative estimate of drug-likeness (QED) is 0.458. The number of hydrogen-bond acceptors (Lipinski definition) is 1. The first kappa shape index (κ1) is 12.7. The Morgan fingerprint density at radius 1 is 0.857 bits per heavy atom. The van der Waals surface area contributed by atoms with Crippen molar-refractivity contribution in [2.45, 2.75) is 6.92 Å². The molecule has 0 aliphatic carbocycles. The first-order chi connectivity index (χ1) is 10.2. The second-order valence-electron chi connectivity index (χ2n) is 5.65. The van der Waals surface area contributed by atoms with Crippen molar-refractivity contribution in [3.05, 3.63) is 66.2 Å². The summed E-state index contributed by atoms with van der Waals surface area (Å²) in [6, 6.07) is 22.2. The van der Waals surface area contributed by atoms with E-state index in [1.807, 2.05) is 11.3 Å². The maximum absolute atomic E-state index is 2.31. The molecule has 0 fully saturated rings. The van der Waals surface area contributed by atoms with E-state index in [1.54, 1.807) is 0 Å². The van der Waals surface area contributed by atoms with Gasteiger partial charge in [-0.3, -0.25) is 0 Å². The lowest BCUT2D eigenvalue weighted by atomic mass is 9.93. The molecular weight excluding hydrogens is 271 g/mol. The monoisotopic (exact) mass is 286 g/mol. The molecule has 4 rings (SSSR count). The summed E-state index contributed by atoms with van der Waals surface area (Å²) in [4.78, 5) is 0. The van der Waals surface area contributed by atoms with Crippen molar-refractivity contribution in [3.63, 3.8) is 0 Å². The third kappa shape index (κ3) is 2.07. The Balaban J connectivity index is 2.10. The van der Waals surface area contributed by atoms with E-state index >= 15 is 0 Å². The summed E-state index contributed by atoms with van der Waals surface area (Å²) in [5, 5.41) is 2.75. The molecule has 0 nitrogen and oxygen atoms in total. The van der Waals surface area contributed by atoms with Gasteiger partial charge in [0.05, 0.1) is 0 Å². The van der Waals surface area contributed by atoms with E-state index in [9.17, 15) is 0 Å². The van der Waals surface area contributed by atoms with E-state index in [1.165, 1.54) is 42.3 Å². The molecule has 1 aromatic heterocycles. The zero-order valence-electron chi connectivity index (χ0n) is 12.2. The second-order valence-corrected chi connectivity index (χ2v) is 6.71. The molecule has 0 bridgehead atoms. The van der Waals surface area contributed by atoms with Gasteiger partial charge >= 0.3 is 0 Å². The van der Waals surface area contributed by atoms with E-state index in [-0.39, 0.29) is 0 Å². The molecule has 0 radical (unpaired) electrons. The van der Waals surface area contributed by atoms with Crippen molar-refractivity contribution in [1.82, 2.24) is 0 Å². The van der Waals surface area contributed by atoms with Crippen LogP contribution in [0.25, 0.3) is 31.3 Å². The highest BCUT2D eigenvalue weighted by atomic mass is 32.1. The summed E-state index contributed by atoms with van der Waals surface area (Å²) in [7, 11) is 2.13. The average Bonchev–Trinajstić information content (AvgIpc) is 2.86. The molecule has 100 valence electrons. The van der Waals surface area contributed by atoms with E-state index < -0.39 is 0 Å². The summed E-state index contributed by atoms with van der Waals surface area (Å²) in [5.74, 6) is 0. The number of thiophene rings is 1. The molecule has 21 heavy (non-hydrogen) atoms. The van der Waals surface area contributed by atoms with Gasteiger partial charge in [-0.1, -0.05) is 47.9 Å². The number of rotatable bonds is 1. The molecule has 0 amide bonds. The predicted octanol–water partition coefficient (Wildman–Crippen LogP) is 4.29. The Bertz CT molecular complexity index is 949. The molecule has 0 saturated carbocycles. The third-order valence-corrected chi connectivity index (χ3v) is 5.20. The maximum Gasteiger partial charge on any atom is 0.139 e. The van der Waals surface area contributed by atoms with Crippen LogP contribution < -0.4 is 5.46 Å². The van der Waals surface area contributed by atoms with Gasteiger partial charge in [-0.25, -0.2) is 0 Å². The van der Waals surface area contributed by atoms with Crippen molar-refractivity contribution < 1.29 is 0 Å². The van der Waals surface area contributed by atoms with Gasteiger partial charge in [-0.05, 0) is 41.8 Å². The molecule has 0 atom stereocenters. The first-order valence-electron chi connectivity index (χ1n) is 7.21. The smallest absolute Gasteiger partial charge is 0.135 e. The van der Waals surface area contributed by atoms with Crippen LogP contribution in [-0.4, -0.2) is 7.85 Å². The fourth-order valence-corrected chi connectivity index (χ4v) is 4.14. The average molecular weight is 286 g/mol. The normalized spacial score (nSPS) is 11.3. The highest BCUT2D eigenvalue weighted by Crippen LogP contribution is 2.40. The molecule has 0 N–H and O–H groups in total. The Hall–Kier alpha value is -2.06. The standard InChI is InChI=1S/C19H15BS/c1-12-10-16(13-6-8-14(20)9-7-13)19-17(11-12)15-4-2-3-5-18(15)21-19/h2-11H,20H2,1H3. The van der Waals surface area contributed by atoms with Crippen molar-refractivity contribution in [2.75, 3.05) is 0 Å². The minimum absolute atomic E-state index is 1.30. The van der Waals surface area contributed by atoms with Crippen molar-refractivity contribution in [3.8, 4) is 11.1 Å². The fourth-order valence-electron chi connectivity index (χ4n) is 2.92. The maximum atomic E-state index is 2.31. The first-order valence-corrected chi connectivity index (χ1v) is 8.03. The van der Waals surface area contributed by atoms with Gasteiger partial charge in [0.2, 0.25) is 0 Å². The van der Waals surface area contributed by atoms with Crippen LogP contribution in [0.2, 0.25) is 0 Å². The molecule has 0 aliphatic heterocycles. The molecule has 2 heteroatoms. The van der Waals surface area contributed by atoms with E-state index in [2.05, 4.69) is 75.4 Å². The van der Waals surface area contributed by atoms with E-state index in [0.29, 0.717) is 0 Å². The summed E-state index contributed by atoms with van der Waals surface area (Å²) >= 11 is 1.90. The molecular formula is C19H15BS. The Labute approximate surface area is 129 Å². The molecule has 1 heterocycles. The topological polar surface area (TPSA) is 0 Å². The Morgan fingerprint density at radius 2 is 1.62 bits per heavy atom. The fraction of sp³-hybridized carbons (Fsp3) is 0.0526. The number of hydrogen-bond donors (Lipinski definition) is 0. The van der Waals surface area contributed by atoms with Gasteiger partial charge in [0, 0.05) is 20.2 Å². The van der Waals surface area contributed by atoms with Gasteiger partial charge in [0.1, 0.15) is 7.85 Å². The number of aryl methyl sites for hydroxylation is 1. The molecule has 0 saturated heterocycles. The van der Waals surface area contributed by atoms with Crippen LogP contribution in [0.1, 0.15) is 5.56 Å². The Kier molecular flexibility index (Phi) is 2.86. The van der Waals surface area contributed by atoms with Gasteiger partial charge in [-0.2, -0.15) is 0 Å². The van der Waals surface area contributed by atoms with Crippen molar-refractivity contribution >= 4 is 44.8 Å². The zero-order valence-corrected chi connectivity index (χ0v) is 13.0. The highest BCUT2D eigenvalue weighted by Gasteiger charge is 2.10. The van der Waals surface area contributed by atoms with Crippen LogP contribution in [0.4, 0.5) is 0 Å². The Morgan fingerprint density at radius 3 is 2.43 bits per heavy atom. The lowest BCUT2D eigenvalue weighted by molar-refractivity contribution is 1.51. The van der Waals surface area contributed by atoms with Crippen LogP contribution in [-0.2, 0) is 0 Å². The lowest BCUT2D eigenvalue weighted by Gasteiger charge is -2.06. The van der Waals surface area contributed by atoms with Gasteiger partial charge in [0.15, 0.2) is 0 Å². The minimum Gasteiger partial charge on any atom is -0.135 e. The lowest BCUT2D eigenvalue weighted by Crippen LogP contribution is -1.99. The second kappa shape index (κ2) is 4.75. The third-order valence-electron chi connectivity index (χ3n) is 3.99. The van der Waals surface area contributed by atoms with E-state index in [0.717, 1.165) is 0 Å². The molecule has 0 spiro atoms. The number of benzene rings is 3. The molecule has 0 unspecified atom stereocenters. The largest absolute Gasteiger partial charge is 0.139 e. The van der Waals surface area contributed by atoms with Gasteiger partial charge in [-0.15, -0.1) is 11.3 Å². The van der Waals surface area contributed by atoms with Crippen LogP contribution in [0.5, 0.6) is 0 Å². The summed E-state index contributed by atoms with van der Waals surface area (Å²) in [6.45, 7) is 2.18.